The van der Waals surface area contributed by atoms with E-state index in [0.29, 0.717) is 5.56 Å². The van der Waals surface area contributed by atoms with Crippen molar-refractivity contribution in [1.29, 1.82) is 0 Å². The second-order valence-electron chi connectivity index (χ2n) is 7.63. The fraction of sp³-hybridized carbons (Fsp3) is 0.600. The van der Waals surface area contributed by atoms with E-state index in [2.05, 4.69) is 9.46 Å². The first-order valence-corrected chi connectivity index (χ1v) is 12.0. The molecule has 2 rings (SSSR count). The van der Waals surface area contributed by atoms with E-state index in [1.54, 1.807) is 6.92 Å². The Labute approximate surface area is 186 Å². The first-order chi connectivity index (χ1) is 15.1. The Morgan fingerprint density at radius 2 is 1.94 bits per heavy atom. The number of benzene rings is 1. The minimum atomic E-state index is -3.71. The minimum Gasteiger partial charge on any atom is -0.487 e. The van der Waals surface area contributed by atoms with Gasteiger partial charge in [0.2, 0.25) is 22.2 Å². The van der Waals surface area contributed by atoms with E-state index in [4.69, 9.17) is 20.9 Å². The highest BCUT2D eigenvalue weighted by atomic mass is 32.2. The predicted molar refractivity (Wildman–Crippen MR) is 113 cm³/mol. The quantitative estimate of drug-likeness (QED) is 0.290. The molecule has 0 aromatic heterocycles. The summed E-state index contributed by atoms with van der Waals surface area (Å²) >= 11 is 0. The number of sulfonamides is 1. The van der Waals surface area contributed by atoms with Crippen LogP contribution in [0.25, 0.3) is 0 Å². The van der Waals surface area contributed by atoms with Crippen molar-refractivity contribution in [2.45, 2.75) is 63.9 Å². The van der Waals surface area contributed by atoms with Crippen LogP contribution in [0.2, 0.25) is 0 Å². The van der Waals surface area contributed by atoms with E-state index in [-0.39, 0.29) is 30.6 Å². The summed E-state index contributed by atoms with van der Waals surface area (Å²) in [6.45, 7) is 1.53. The molecule has 1 aromatic rings. The molecule has 0 spiro atoms. The number of halogens is 1. The largest absolute Gasteiger partial charge is 0.487 e. The Morgan fingerprint density at radius 3 is 2.56 bits per heavy atom. The smallest absolute Gasteiger partial charge is 0.406 e. The molecule has 0 radical (unpaired) electrons. The molecule has 1 aromatic carbocycles. The number of nitrogens with two attached hydrogens (primary N) is 2. The average molecular weight is 476 g/mol. The summed E-state index contributed by atoms with van der Waals surface area (Å²) in [4.78, 5) is 21.8. The molecule has 2 atom stereocenters. The van der Waals surface area contributed by atoms with E-state index < -0.39 is 46.6 Å². The summed E-state index contributed by atoms with van der Waals surface area (Å²) in [7, 11) is -3.71. The number of nitrogens with one attached hydrogen (secondary N) is 1. The van der Waals surface area contributed by atoms with Crippen LogP contribution in [-0.2, 0) is 24.3 Å². The summed E-state index contributed by atoms with van der Waals surface area (Å²) in [5, 5.41) is 0. The van der Waals surface area contributed by atoms with Gasteiger partial charge < -0.3 is 25.7 Å². The molecule has 1 saturated carbocycles. The Bertz CT molecular complexity index is 875. The topological polar surface area (TPSA) is 160 Å². The van der Waals surface area contributed by atoms with Gasteiger partial charge in [0.05, 0.1) is 24.9 Å². The molecule has 5 N–H and O–H groups in total. The van der Waals surface area contributed by atoms with Crippen molar-refractivity contribution < 1.29 is 36.6 Å². The third-order valence-corrected chi connectivity index (χ3v) is 6.42. The molecule has 0 aliphatic heterocycles. The summed E-state index contributed by atoms with van der Waals surface area (Å²) in [6.07, 6.45) is 1.04. The van der Waals surface area contributed by atoms with Gasteiger partial charge in [-0.2, -0.15) is 0 Å². The summed E-state index contributed by atoms with van der Waals surface area (Å²) in [5.41, 5.74) is 10.5. The maximum Gasteiger partial charge on any atom is 0.406 e. The van der Waals surface area contributed by atoms with Crippen molar-refractivity contribution >= 4 is 22.0 Å². The van der Waals surface area contributed by atoms with Crippen molar-refractivity contribution in [3.63, 3.8) is 0 Å². The second-order valence-corrected chi connectivity index (χ2v) is 9.51. The van der Waals surface area contributed by atoms with Crippen LogP contribution in [-0.4, -0.2) is 45.2 Å². The van der Waals surface area contributed by atoms with Gasteiger partial charge in [-0.15, -0.1) is 0 Å². The molecule has 2 unspecified atom stereocenters. The lowest BCUT2D eigenvalue weighted by Gasteiger charge is -2.18. The van der Waals surface area contributed by atoms with Gasteiger partial charge in [-0.1, -0.05) is 6.07 Å². The van der Waals surface area contributed by atoms with E-state index >= 15 is 0 Å². The zero-order chi connectivity index (χ0) is 23.7. The third kappa shape index (κ3) is 8.97. The van der Waals surface area contributed by atoms with Crippen LogP contribution in [0.4, 0.5) is 9.18 Å². The standard InChI is InChI=1S/C20H30FN3O7S/c1-13(14-7-8-16(21)17(11-14)30-15-5-2-3-6-15)24-32(27,28)10-4-9-29-19(12-18(22)25)31-20(23)26/h7-8,11,13,15,19,24H,2-6,9-10,12H2,1H3,(H2,22,25)(H2,23,26). The van der Waals surface area contributed by atoms with Crippen LogP contribution in [0.1, 0.15) is 57.1 Å². The lowest BCUT2D eigenvalue weighted by molar-refractivity contribution is -0.135. The number of hydrogen-bond acceptors (Lipinski definition) is 7. The molecule has 0 heterocycles. The maximum atomic E-state index is 14.1. The number of hydrogen-bond donors (Lipinski definition) is 3. The molecule has 0 bridgehead atoms. The monoisotopic (exact) mass is 475 g/mol. The van der Waals surface area contributed by atoms with Gasteiger partial charge in [-0.3, -0.25) is 4.79 Å². The summed E-state index contributed by atoms with van der Waals surface area (Å²) in [5.74, 6) is -1.43. The van der Waals surface area contributed by atoms with E-state index in [1.165, 1.54) is 18.2 Å². The summed E-state index contributed by atoms with van der Waals surface area (Å²) < 4.78 is 56.9. The SMILES string of the molecule is CC(NS(=O)(=O)CCCOC(CC(N)=O)OC(N)=O)c1ccc(F)c(OC2CCCC2)c1. The van der Waals surface area contributed by atoms with Crippen molar-refractivity contribution in [3.05, 3.63) is 29.6 Å². The molecule has 32 heavy (non-hydrogen) atoms. The fourth-order valence-corrected chi connectivity index (χ4v) is 4.64. The van der Waals surface area contributed by atoms with Gasteiger partial charge in [-0.05, 0) is 56.7 Å². The van der Waals surface area contributed by atoms with Crippen LogP contribution >= 0.6 is 0 Å². The number of carbonyl (C=O) groups is 2. The van der Waals surface area contributed by atoms with Gasteiger partial charge in [0.1, 0.15) is 0 Å². The number of rotatable bonds is 13. The zero-order valence-electron chi connectivity index (χ0n) is 17.9. The van der Waals surface area contributed by atoms with Gasteiger partial charge in [0.15, 0.2) is 11.6 Å². The van der Waals surface area contributed by atoms with Crippen molar-refractivity contribution in [1.82, 2.24) is 4.72 Å². The van der Waals surface area contributed by atoms with Gasteiger partial charge in [0, 0.05) is 6.04 Å². The normalized spacial score (nSPS) is 16.4. The second kappa shape index (κ2) is 12.0. The minimum absolute atomic E-state index is 0.0244. The Morgan fingerprint density at radius 1 is 1.25 bits per heavy atom. The van der Waals surface area contributed by atoms with Crippen LogP contribution < -0.4 is 20.9 Å². The number of ether oxygens (including phenoxy) is 3. The van der Waals surface area contributed by atoms with Crippen LogP contribution in [0.15, 0.2) is 18.2 Å². The first kappa shape index (κ1) is 25.8. The maximum absolute atomic E-state index is 14.1. The Hall–Kier alpha value is -2.44. The molecule has 10 nitrogen and oxygen atoms in total. The van der Waals surface area contributed by atoms with E-state index in [9.17, 15) is 22.4 Å². The highest BCUT2D eigenvalue weighted by Gasteiger charge is 2.21. The molecule has 1 aliphatic carbocycles. The molecule has 0 saturated heterocycles. The molecular formula is C20H30FN3O7S. The highest BCUT2D eigenvalue weighted by molar-refractivity contribution is 7.89. The van der Waals surface area contributed by atoms with Crippen molar-refractivity contribution in [2.24, 2.45) is 11.5 Å². The van der Waals surface area contributed by atoms with Gasteiger partial charge in [-0.25, -0.2) is 22.3 Å². The van der Waals surface area contributed by atoms with Crippen molar-refractivity contribution in [2.75, 3.05) is 12.4 Å². The van der Waals surface area contributed by atoms with Gasteiger partial charge in [0.25, 0.3) is 0 Å². The molecular weight excluding hydrogens is 445 g/mol. The molecule has 1 aliphatic rings. The van der Waals surface area contributed by atoms with Crippen LogP contribution in [0.5, 0.6) is 5.75 Å². The first-order valence-electron chi connectivity index (χ1n) is 10.4. The Balaban J connectivity index is 1.86. The van der Waals surface area contributed by atoms with Crippen LogP contribution in [0.3, 0.4) is 0 Å². The van der Waals surface area contributed by atoms with Gasteiger partial charge >= 0.3 is 6.09 Å². The lowest BCUT2D eigenvalue weighted by Crippen LogP contribution is -2.32. The number of primary amides is 2. The zero-order valence-corrected chi connectivity index (χ0v) is 18.7. The molecule has 2 amide bonds. The number of amides is 2. The predicted octanol–water partition coefficient (Wildman–Crippen LogP) is 1.83. The molecule has 12 heteroatoms. The van der Waals surface area contributed by atoms with E-state index in [0.717, 1.165) is 25.7 Å². The molecule has 1 fully saturated rings. The Kier molecular flexibility index (Phi) is 9.66. The fourth-order valence-electron chi connectivity index (χ4n) is 3.35. The third-order valence-electron chi connectivity index (χ3n) is 4.88. The average Bonchev–Trinajstić information content (AvgIpc) is 3.18. The van der Waals surface area contributed by atoms with E-state index in [1.807, 2.05) is 0 Å². The lowest BCUT2D eigenvalue weighted by atomic mass is 10.1. The molecule has 180 valence electrons. The number of carbonyl (C=O) groups excluding carboxylic acids is 2. The van der Waals surface area contributed by atoms with Crippen LogP contribution in [0, 0.1) is 5.82 Å². The van der Waals surface area contributed by atoms with Crippen molar-refractivity contribution in [3.8, 4) is 5.75 Å². The highest BCUT2D eigenvalue weighted by Crippen LogP contribution is 2.28. The summed E-state index contributed by atoms with van der Waals surface area (Å²) in [6, 6.07) is 3.66.